The molecule has 0 aromatic heterocycles. The van der Waals surface area contributed by atoms with Crippen LogP contribution in [0.15, 0.2) is 12.1 Å². The summed E-state index contributed by atoms with van der Waals surface area (Å²) in [6.45, 7) is 10.6. The minimum Gasteiger partial charge on any atom is -0.490 e. The van der Waals surface area contributed by atoms with Crippen LogP contribution in [0.4, 0.5) is 0 Å². The van der Waals surface area contributed by atoms with Crippen molar-refractivity contribution in [2.45, 2.75) is 46.7 Å². The molecule has 18 heavy (non-hydrogen) atoms. The third-order valence-corrected chi connectivity index (χ3v) is 2.96. The van der Waals surface area contributed by atoms with Gasteiger partial charge in [-0.2, -0.15) is 5.26 Å². The summed E-state index contributed by atoms with van der Waals surface area (Å²) in [6.07, 6.45) is 0. The Morgan fingerprint density at radius 2 is 1.83 bits per heavy atom. The van der Waals surface area contributed by atoms with Gasteiger partial charge >= 0.3 is 0 Å². The first-order valence-corrected chi connectivity index (χ1v) is 6.31. The Balaban J connectivity index is 2.74. The highest BCUT2D eigenvalue weighted by Crippen LogP contribution is 2.25. The van der Waals surface area contributed by atoms with Crippen LogP contribution in [0, 0.1) is 32.1 Å². The molecule has 0 fully saturated rings. The molecule has 0 aliphatic rings. The molecule has 0 radical (unpaired) electrons. The van der Waals surface area contributed by atoms with Crippen molar-refractivity contribution in [1.82, 2.24) is 5.32 Å². The van der Waals surface area contributed by atoms with E-state index in [9.17, 15) is 0 Å². The van der Waals surface area contributed by atoms with Gasteiger partial charge in [0.2, 0.25) is 0 Å². The lowest BCUT2D eigenvalue weighted by atomic mass is 10.1. The van der Waals surface area contributed by atoms with Crippen LogP contribution in [0.2, 0.25) is 0 Å². The van der Waals surface area contributed by atoms with E-state index in [1.165, 1.54) is 5.56 Å². The summed E-state index contributed by atoms with van der Waals surface area (Å²) >= 11 is 0. The molecule has 1 unspecified atom stereocenters. The van der Waals surface area contributed by atoms with Gasteiger partial charge in [0.25, 0.3) is 0 Å². The molecule has 0 bridgehead atoms. The first-order chi connectivity index (χ1) is 8.45. The highest BCUT2D eigenvalue weighted by Gasteiger charge is 2.12. The molecule has 3 heteroatoms. The molecule has 1 aromatic carbocycles. The third kappa shape index (κ3) is 3.75. The molecule has 0 heterocycles. The second-order valence-electron chi connectivity index (χ2n) is 4.97. The predicted molar refractivity (Wildman–Crippen MR) is 73.8 cm³/mol. The quantitative estimate of drug-likeness (QED) is 0.869. The Labute approximate surface area is 110 Å². The molecule has 3 nitrogen and oxygen atoms in total. The van der Waals surface area contributed by atoms with Crippen molar-refractivity contribution >= 4 is 0 Å². The molecule has 1 atom stereocenters. The fourth-order valence-corrected chi connectivity index (χ4v) is 1.84. The number of nitrogens with one attached hydrogen (secondary N) is 1. The Morgan fingerprint density at radius 1 is 1.22 bits per heavy atom. The van der Waals surface area contributed by atoms with Crippen molar-refractivity contribution in [3.05, 3.63) is 28.8 Å². The summed E-state index contributed by atoms with van der Waals surface area (Å²) in [4.78, 5) is 0. The number of nitrogens with zero attached hydrogens (tertiary/aromatic N) is 1. The summed E-state index contributed by atoms with van der Waals surface area (Å²) < 4.78 is 5.82. The van der Waals surface area contributed by atoms with Crippen molar-refractivity contribution < 1.29 is 4.74 Å². The number of benzene rings is 1. The van der Waals surface area contributed by atoms with Crippen LogP contribution < -0.4 is 10.1 Å². The second-order valence-corrected chi connectivity index (χ2v) is 4.97. The first-order valence-electron chi connectivity index (χ1n) is 6.31. The maximum absolute atomic E-state index is 9.05. The summed E-state index contributed by atoms with van der Waals surface area (Å²) in [7, 11) is 0. The van der Waals surface area contributed by atoms with Gasteiger partial charge in [-0.25, -0.2) is 0 Å². The SMILES string of the molecule is Cc1ccc(C)c(OCC(C#N)NC(C)C)c1C. The van der Waals surface area contributed by atoms with Crippen molar-refractivity contribution in [3.63, 3.8) is 0 Å². The minimum atomic E-state index is -0.274. The molecule has 0 aliphatic carbocycles. The zero-order valence-electron chi connectivity index (χ0n) is 11.9. The summed E-state index contributed by atoms with van der Waals surface area (Å²) in [5, 5.41) is 12.2. The van der Waals surface area contributed by atoms with Crippen LogP contribution in [-0.2, 0) is 0 Å². The lowest BCUT2D eigenvalue weighted by Gasteiger charge is -2.18. The molecule has 1 rings (SSSR count). The van der Waals surface area contributed by atoms with Gasteiger partial charge in [-0.1, -0.05) is 12.1 Å². The molecule has 0 saturated heterocycles. The van der Waals surface area contributed by atoms with Gasteiger partial charge < -0.3 is 4.74 Å². The van der Waals surface area contributed by atoms with Gasteiger partial charge in [-0.15, -0.1) is 0 Å². The fraction of sp³-hybridized carbons (Fsp3) is 0.533. The topological polar surface area (TPSA) is 45.0 Å². The fourth-order valence-electron chi connectivity index (χ4n) is 1.84. The highest BCUT2D eigenvalue weighted by atomic mass is 16.5. The van der Waals surface area contributed by atoms with Crippen LogP contribution in [0.3, 0.4) is 0 Å². The van der Waals surface area contributed by atoms with Crippen LogP contribution in [-0.4, -0.2) is 18.7 Å². The molecule has 0 saturated carbocycles. The van der Waals surface area contributed by atoms with E-state index in [2.05, 4.69) is 37.4 Å². The normalized spacial score (nSPS) is 12.3. The monoisotopic (exact) mass is 246 g/mol. The number of hydrogen-bond acceptors (Lipinski definition) is 3. The first kappa shape index (κ1) is 14.5. The Morgan fingerprint density at radius 3 is 2.39 bits per heavy atom. The van der Waals surface area contributed by atoms with E-state index in [1.54, 1.807) is 0 Å². The molecular formula is C15H22N2O. The maximum Gasteiger partial charge on any atom is 0.130 e. The molecular weight excluding hydrogens is 224 g/mol. The second kappa shape index (κ2) is 6.42. The van der Waals surface area contributed by atoms with Crippen LogP contribution in [0.25, 0.3) is 0 Å². The van der Waals surface area contributed by atoms with Gasteiger partial charge in [0.05, 0.1) is 6.07 Å². The van der Waals surface area contributed by atoms with Gasteiger partial charge in [0.1, 0.15) is 18.4 Å². The van der Waals surface area contributed by atoms with Gasteiger partial charge in [0, 0.05) is 6.04 Å². The van der Waals surface area contributed by atoms with Crippen LogP contribution in [0.5, 0.6) is 5.75 Å². The standard InChI is InChI=1S/C15H22N2O/c1-10(2)17-14(8-16)9-18-15-12(4)7-6-11(3)13(15)5/h6-7,10,14,17H,9H2,1-5H3. The zero-order chi connectivity index (χ0) is 13.7. The van der Waals surface area contributed by atoms with E-state index in [0.29, 0.717) is 6.61 Å². The summed E-state index contributed by atoms with van der Waals surface area (Å²) in [6, 6.07) is 6.36. The van der Waals surface area contributed by atoms with Crippen molar-refractivity contribution in [3.8, 4) is 11.8 Å². The maximum atomic E-state index is 9.05. The zero-order valence-corrected chi connectivity index (χ0v) is 11.9. The van der Waals surface area contributed by atoms with E-state index in [1.807, 2.05) is 20.8 Å². The van der Waals surface area contributed by atoms with Crippen molar-refractivity contribution in [2.75, 3.05) is 6.61 Å². The molecule has 98 valence electrons. The average Bonchev–Trinajstić information content (AvgIpc) is 2.32. The smallest absolute Gasteiger partial charge is 0.130 e. The number of ether oxygens (including phenoxy) is 1. The highest BCUT2D eigenvalue weighted by molar-refractivity contribution is 5.44. The minimum absolute atomic E-state index is 0.274. The molecule has 1 N–H and O–H groups in total. The molecule has 0 amide bonds. The third-order valence-electron chi connectivity index (χ3n) is 2.96. The summed E-state index contributed by atoms with van der Waals surface area (Å²) in [5.41, 5.74) is 3.47. The molecule has 0 aliphatic heterocycles. The predicted octanol–water partition coefficient (Wildman–Crippen LogP) is 2.88. The van der Waals surface area contributed by atoms with E-state index in [0.717, 1.165) is 16.9 Å². The number of aryl methyl sites for hydroxylation is 2. The number of hydrogen-bond donors (Lipinski definition) is 1. The average molecular weight is 246 g/mol. The lowest BCUT2D eigenvalue weighted by Crippen LogP contribution is -2.38. The number of nitriles is 1. The molecule has 1 aromatic rings. The van der Waals surface area contributed by atoms with Crippen molar-refractivity contribution in [1.29, 1.82) is 5.26 Å². The van der Waals surface area contributed by atoms with Gasteiger partial charge in [-0.3, -0.25) is 5.32 Å². The van der Waals surface area contributed by atoms with Crippen molar-refractivity contribution in [2.24, 2.45) is 0 Å². The van der Waals surface area contributed by atoms with Gasteiger partial charge in [0.15, 0.2) is 0 Å². The van der Waals surface area contributed by atoms with E-state index in [-0.39, 0.29) is 12.1 Å². The Hall–Kier alpha value is -1.53. The van der Waals surface area contributed by atoms with E-state index >= 15 is 0 Å². The Bertz CT molecular complexity index is 447. The van der Waals surface area contributed by atoms with Gasteiger partial charge in [-0.05, 0) is 51.3 Å². The van der Waals surface area contributed by atoms with Crippen LogP contribution in [0.1, 0.15) is 30.5 Å². The van der Waals surface area contributed by atoms with Crippen LogP contribution >= 0.6 is 0 Å². The van der Waals surface area contributed by atoms with E-state index < -0.39 is 0 Å². The Kier molecular flexibility index (Phi) is 5.18. The largest absolute Gasteiger partial charge is 0.490 e. The lowest BCUT2D eigenvalue weighted by molar-refractivity contribution is 0.279. The summed E-state index contributed by atoms with van der Waals surface area (Å²) in [5.74, 6) is 0.904. The number of rotatable bonds is 5. The van der Waals surface area contributed by atoms with E-state index in [4.69, 9.17) is 10.00 Å². The molecule has 0 spiro atoms.